The van der Waals surface area contributed by atoms with Crippen molar-refractivity contribution in [1.82, 2.24) is 14.6 Å². The number of amides is 1. The largest absolute Gasteiger partial charge is 0.361 e. The highest BCUT2D eigenvalue weighted by Gasteiger charge is 2.15. The Hall–Kier alpha value is -2.82. The van der Waals surface area contributed by atoms with Gasteiger partial charge in [-0.15, -0.1) is 0 Å². The molecule has 0 aliphatic rings. The number of benzene rings is 1. The highest BCUT2D eigenvalue weighted by molar-refractivity contribution is 5.94. The molecule has 0 fully saturated rings. The third kappa shape index (κ3) is 3.18. The third-order valence-corrected chi connectivity index (χ3v) is 3.76. The summed E-state index contributed by atoms with van der Waals surface area (Å²) in [6.45, 7) is 4.29. The zero-order valence-corrected chi connectivity index (χ0v) is 13.5. The zero-order chi connectivity index (χ0) is 16.4. The molecular formula is C18H19N3O2. The van der Waals surface area contributed by atoms with Crippen LogP contribution in [0.15, 0.2) is 53.3 Å². The van der Waals surface area contributed by atoms with Crippen LogP contribution in [0.5, 0.6) is 0 Å². The predicted molar refractivity (Wildman–Crippen MR) is 87.5 cm³/mol. The topological polar surface area (TPSA) is 51.3 Å². The maximum atomic E-state index is 12.6. The molecule has 2 aromatic heterocycles. The number of hydrogen-bond acceptors (Lipinski definition) is 3. The molecule has 0 bridgehead atoms. The van der Waals surface area contributed by atoms with Crippen molar-refractivity contribution in [2.24, 2.45) is 0 Å². The highest BCUT2D eigenvalue weighted by atomic mass is 16.5. The third-order valence-electron chi connectivity index (χ3n) is 3.76. The standard InChI is InChI=1S/C18H19N3O2/c1-13-6-7-15(11-17(13)21-8-4-5-9-21)18(22)20(3)12-16-10-14(2)23-19-16/h4-11H,12H2,1-3H3. The molecule has 0 radical (unpaired) electrons. The summed E-state index contributed by atoms with van der Waals surface area (Å²) in [5.41, 5.74) is 3.53. The van der Waals surface area contributed by atoms with Gasteiger partial charge in [-0.25, -0.2) is 0 Å². The molecule has 0 aliphatic carbocycles. The number of carbonyl (C=O) groups excluding carboxylic acids is 1. The number of aromatic nitrogens is 2. The number of hydrogen-bond donors (Lipinski definition) is 0. The molecule has 2 heterocycles. The fraction of sp³-hybridized carbons (Fsp3) is 0.222. The molecule has 118 valence electrons. The van der Waals surface area contributed by atoms with E-state index in [2.05, 4.69) is 5.16 Å². The molecule has 0 unspecified atom stereocenters. The minimum atomic E-state index is -0.0425. The molecule has 0 spiro atoms. The number of carbonyl (C=O) groups is 1. The van der Waals surface area contributed by atoms with Crippen molar-refractivity contribution in [2.75, 3.05) is 7.05 Å². The number of aryl methyl sites for hydroxylation is 2. The summed E-state index contributed by atoms with van der Waals surface area (Å²) >= 11 is 0. The normalized spacial score (nSPS) is 10.7. The molecule has 23 heavy (non-hydrogen) atoms. The van der Waals surface area contributed by atoms with Crippen LogP contribution >= 0.6 is 0 Å². The van der Waals surface area contributed by atoms with Gasteiger partial charge in [0, 0.05) is 36.8 Å². The van der Waals surface area contributed by atoms with Gasteiger partial charge in [0.05, 0.1) is 6.54 Å². The van der Waals surface area contributed by atoms with E-state index >= 15 is 0 Å². The molecule has 0 saturated heterocycles. The highest BCUT2D eigenvalue weighted by Crippen LogP contribution is 2.18. The van der Waals surface area contributed by atoms with E-state index in [1.54, 1.807) is 11.9 Å². The van der Waals surface area contributed by atoms with E-state index in [1.165, 1.54) is 0 Å². The molecule has 1 aromatic carbocycles. The minimum Gasteiger partial charge on any atom is -0.361 e. The Bertz CT molecular complexity index is 819. The fourth-order valence-corrected chi connectivity index (χ4v) is 2.54. The first-order valence-corrected chi connectivity index (χ1v) is 7.46. The average molecular weight is 309 g/mol. The van der Waals surface area contributed by atoms with Gasteiger partial charge in [-0.2, -0.15) is 0 Å². The van der Waals surface area contributed by atoms with Crippen molar-refractivity contribution >= 4 is 5.91 Å². The van der Waals surface area contributed by atoms with Crippen LogP contribution < -0.4 is 0 Å². The maximum Gasteiger partial charge on any atom is 0.254 e. The van der Waals surface area contributed by atoms with E-state index in [4.69, 9.17) is 4.52 Å². The van der Waals surface area contributed by atoms with Crippen LogP contribution in [-0.4, -0.2) is 27.6 Å². The Morgan fingerprint density at radius 2 is 1.96 bits per heavy atom. The molecule has 3 rings (SSSR count). The van der Waals surface area contributed by atoms with Gasteiger partial charge in [0.1, 0.15) is 11.5 Å². The van der Waals surface area contributed by atoms with Gasteiger partial charge < -0.3 is 14.0 Å². The van der Waals surface area contributed by atoms with Gasteiger partial charge in [-0.3, -0.25) is 4.79 Å². The second kappa shape index (κ2) is 6.12. The Morgan fingerprint density at radius 1 is 1.22 bits per heavy atom. The van der Waals surface area contributed by atoms with Gasteiger partial charge in [-0.1, -0.05) is 11.2 Å². The van der Waals surface area contributed by atoms with Gasteiger partial charge in [0.25, 0.3) is 5.91 Å². The fourth-order valence-electron chi connectivity index (χ4n) is 2.54. The van der Waals surface area contributed by atoms with Crippen LogP contribution in [0.4, 0.5) is 0 Å². The van der Waals surface area contributed by atoms with Crippen LogP contribution in [0.2, 0.25) is 0 Å². The van der Waals surface area contributed by atoms with Crippen LogP contribution in [-0.2, 0) is 6.54 Å². The summed E-state index contributed by atoms with van der Waals surface area (Å²) in [5.74, 6) is 0.699. The second-order valence-corrected chi connectivity index (χ2v) is 5.68. The lowest BCUT2D eigenvalue weighted by Gasteiger charge is -2.17. The summed E-state index contributed by atoms with van der Waals surface area (Å²) in [4.78, 5) is 14.3. The quantitative estimate of drug-likeness (QED) is 0.742. The summed E-state index contributed by atoms with van der Waals surface area (Å²) < 4.78 is 7.05. The number of nitrogens with zero attached hydrogens (tertiary/aromatic N) is 3. The van der Waals surface area contributed by atoms with Crippen LogP contribution in [0.3, 0.4) is 0 Å². The van der Waals surface area contributed by atoms with Gasteiger partial charge >= 0.3 is 0 Å². The van der Waals surface area contributed by atoms with Crippen molar-refractivity contribution in [3.05, 3.63) is 71.4 Å². The molecular weight excluding hydrogens is 290 g/mol. The number of rotatable bonds is 4. The van der Waals surface area contributed by atoms with Crippen molar-refractivity contribution in [3.63, 3.8) is 0 Å². The molecule has 3 aromatic rings. The average Bonchev–Trinajstić information content (AvgIpc) is 3.19. The van der Waals surface area contributed by atoms with Crippen molar-refractivity contribution < 1.29 is 9.32 Å². The summed E-state index contributed by atoms with van der Waals surface area (Å²) in [6, 6.07) is 11.5. The Balaban J connectivity index is 1.83. The van der Waals surface area contributed by atoms with Crippen molar-refractivity contribution in [2.45, 2.75) is 20.4 Å². The summed E-state index contributed by atoms with van der Waals surface area (Å²) in [5, 5.41) is 3.93. The van der Waals surface area contributed by atoms with Crippen molar-refractivity contribution in [1.29, 1.82) is 0 Å². The first-order valence-electron chi connectivity index (χ1n) is 7.46. The summed E-state index contributed by atoms with van der Waals surface area (Å²) in [6.07, 6.45) is 3.94. The maximum absolute atomic E-state index is 12.6. The second-order valence-electron chi connectivity index (χ2n) is 5.68. The molecule has 5 heteroatoms. The predicted octanol–water partition coefficient (Wildman–Crippen LogP) is 3.35. The van der Waals surface area contributed by atoms with Crippen LogP contribution in [0.25, 0.3) is 5.69 Å². The zero-order valence-electron chi connectivity index (χ0n) is 13.5. The first kappa shape index (κ1) is 15.1. The van der Waals surface area contributed by atoms with E-state index < -0.39 is 0 Å². The minimum absolute atomic E-state index is 0.0425. The lowest BCUT2D eigenvalue weighted by atomic mass is 10.1. The van der Waals surface area contributed by atoms with Crippen molar-refractivity contribution in [3.8, 4) is 5.69 Å². The smallest absolute Gasteiger partial charge is 0.254 e. The van der Waals surface area contributed by atoms with Gasteiger partial charge in [-0.05, 0) is 43.7 Å². The van der Waals surface area contributed by atoms with E-state index in [1.807, 2.05) is 67.2 Å². The Morgan fingerprint density at radius 3 is 2.61 bits per heavy atom. The SMILES string of the molecule is Cc1cc(CN(C)C(=O)c2ccc(C)c(-n3cccc3)c2)no1. The summed E-state index contributed by atoms with van der Waals surface area (Å²) in [7, 11) is 1.77. The Kier molecular flexibility index (Phi) is 4.02. The molecule has 0 atom stereocenters. The van der Waals surface area contributed by atoms with Gasteiger partial charge in [0.2, 0.25) is 0 Å². The van der Waals surface area contributed by atoms with Crippen LogP contribution in [0, 0.1) is 13.8 Å². The van der Waals surface area contributed by atoms with Crippen LogP contribution in [0.1, 0.15) is 27.4 Å². The van der Waals surface area contributed by atoms with E-state index in [0.29, 0.717) is 12.1 Å². The Labute approximate surface area is 135 Å². The first-order chi connectivity index (χ1) is 11.0. The van der Waals surface area contributed by atoms with Gasteiger partial charge in [0.15, 0.2) is 0 Å². The van der Waals surface area contributed by atoms with E-state index in [-0.39, 0.29) is 5.91 Å². The van der Waals surface area contributed by atoms with E-state index in [0.717, 1.165) is 22.7 Å². The molecule has 1 amide bonds. The lowest BCUT2D eigenvalue weighted by Crippen LogP contribution is -2.26. The molecule has 0 N–H and O–H groups in total. The molecule has 0 aliphatic heterocycles. The monoisotopic (exact) mass is 309 g/mol. The lowest BCUT2D eigenvalue weighted by molar-refractivity contribution is 0.0782. The van der Waals surface area contributed by atoms with E-state index in [9.17, 15) is 4.79 Å². The molecule has 0 saturated carbocycles. The molecule has 5 nitrogen and oxygen atoms in total.